The monoisotopic (exact) mass is 268 g/mol. The Bertz CT molecular complexity index is 351. The summed E-state index contributed by atoms with van der Waals surface area (Å²) in [5.74, 6) is 0.604. The number of thiocarbonyl (C=S) groups is 1. The van der Waals surface area contributed by atoms with Gasteiger partial charge in [-0.15, -0.1) is 0 Å². The van der Waals surface area contributed by atoms with Crippen LogP contribution in [0.25, 0.3) is 0 Å². The van der Waals surface area contributed by atoms with Gasteiger partial charge in [0.15, 0.2) is 0 Å². The fourth-order valence-electron chi connectivity index (χ4n) is 1.48. The number of thioether (sulfide) groups is 1. The van der Waals surface area contributed by atoms with E-state index >= 15 is 0 Å². The van der Waals surface area contributed by atoms with Crippen molar-refractivity contribution in [2.45, 2.75) is 18.6 Å². The standard InChI is InChI=1S/C8H16N2O2S3/c1-8(2)6-10(3-4-14-8)15(11,12)5-7(9)13/h3-6H2,1-2H3,(H2,9,13). The molecule has 88 valence electrons. The first kappa shape index (κ1) is 13.2. The molecule has 4 nitrogen and oxygen atoms in total. The molecule has 15 heavy (non-hydrogen) atoms. The molecular formula is C8H16N2O2S3. The molecule has 1 aliphatic rings. The molecule has 0 aromatic carbocycles. The first-order valence-corrected chi connectivity index (χ1v) is 7.63. The van der Waals surface area contributed by atoms with Crippen LogP contribution in [0.4, 0.5) is 0 Å². The van der Waals surface area contributed by atoms with E-state index in [4.69, 9.17) is 5.73 Å². The summed E-state index contributed by atoms with van der Waals surface area (Å²) < 4.78 is 25.1. The Kier molecular flexibility index (Phi) is 4.02. The Morgan fingerprint density at radius 1 is 1.60 bits per heavy atom. The minimum Gasteiger partial charge on any atom is -0.392 e. The highest BCUT2D eigenvalue weighted by atomic mass is 32.2. The Morgan fingerprint density at radius 2 is 2.20 bits per heavy atom. The van der Waals surface area contributed by atoms with Crippen LogP contribution in [-0.2, 0) is 10.0 Å². The molecule has 7 heteroatoms. The lowest BCUT2D eigenvalue weighted by Crippen LogP contribution is -2.48. The summed E-state index contributed by atoms with van der Waals surface area (Å²) in [6.07, 6.45) is 0. The summed E-state index contributed by atoms with van der Waals surface area (Å²) in [7, 11) is -3.30. The quantitative estimate of drug-likeness (QED) is 0.752. The molecule has 1 aliphatic heterocycles. The van der Waals surface area contributed by atoms with Crippen LogP contribution in [0.15, 0.2) is 0 Å². The van der Waals surface area contributed by atoms with Crippen molar-refractivity contribution in [3.63, 3.8) is 0 Å². The Balaban J connectivity index is 2.75. The highest BCUT2D eigenvalue weighted by Gasteiger charge is 2.33. The molecule has 0 aromatic rings. The van der Waals surface area contributed by atoms with E-state index in [0.29, 0.717) is 13.1 Å². The molecule has 1 rings (SSSR count). The zero-order valence-corrected chi connectivity index (χ0v) is 11.3. The van der Waals surface area contributed by atoms with Gasteiger partial charge in [-0.25, -0.2) is 8.42 Å². The lowest BCUT2D eigenvalue weighted by Gasteiger charge is -2.36. The van der Waals surface area contributed by atoms with Crippen LogP contribution in [0.1, 0.15) is 13.8 Å². The minimum atomic E-state index is -3.30. The van der Waals surface area contributed by atoms with Crippen molar-refractivity contribution in [3.05, 3.63) is 0 Å². The van der Waals surface area contributed by atoms with Gasteiger partial charge in [-0.05, 0) is 13.8 Å². The summed E-state index contributed by atoms with van der Waals surface area (Å²) in [6, 6.07) is 0. The van der Waals surface area contributed by atoms with E-state index in [1.54, 1.807) is 11.8 Å². The topological polar surface area (TPSA) is 63.4 Å². The van der Waals surface area contributed by atoms with Crippen LogP contribution >= 0.6 is 24.0 Å². The second kappa shape index (κ2) is 4.57. The Labute approximate surface area is 101 Å². The van der Waals surface area contributed by atoms with Gasteiger partial charge in [0.25, 0.3) is 0 Å². The van der Waals surface area contributed by atoms with E-state index < -0.39 is 10.0 Å². The zero-order valence-electron chi connectivity index (χ0n) is 8.89. The molecule has 1 fully saturated rings. The molecule has 0 atom stereocenters. The molecular weight excluding hydrogens is 252 g/mol. The zero-order chi connectivity index (χ0) is 11.7. The van der Waals surface area contributed by atoms with Crippen molar-refractivity contribution in [1.82, 2.24) is 4.31 Å². The van der Waals surface area contributed by atoms with Crippen molar-refractivity contribution in [3.8, 4) is 0 Å². The van der Waals surface area contributed by atoms with Gasteiger partial charge in [0.2, 0.25) is 10.0 Å². The fourth-order valence-corrected chi connectivity index (χ4v) is 4.67. The third-order valence-corrected chi connectivity index (χ3v) is 5.51. The molecule has 0 unspecified atom stereocenters. The van der Waals surface area contributed by atoms with Crippen LogP contribution < -0.4 is 5.73 Å². The Hall–Kier alpha value is 0.150. The summed E-state index contributed by atoms with van der Waals surface area (Å²) in [5, 5.41) is 0. The van der Waals surface area contributed by atoms with Gasteiger partial charge in [0, 0.05) is 23.6 Å². The minimum absolute atomic E-state index is 0.0263. The second-order valence-electron chi connectivity index (χ2n) is 4.16. The molecule has 0 aliphatic carbocycles. The average molecular weight is 268 g/mol. The predicted molar refractivity (Wildman–Crippen MR) is 68.7 cm³/mol. The summed E-state index contributed by atoms with van der Waals surface area (Å²) >= 11 is 6.43. The van der Waals surface area contributed by atoms with Gasteiger partial charge < -0.3 is 5.73 Å². The molecule has 2 N–H and O–H groups in total. The average Bonchev–Trinajstić information content (AvgIpc) is 1.99. The van der Waals surface area contributed by atoms with E-state index in [9.17, 15) is 8.42 Å². The van der Waals surface area contributed by atoms with Gasteiger partial charge in [0.1, 0.15) is 5.75 Å². The number of hydrogen-bond donors (Lipinski definition) is 1. The SMILES string of the molecule is CC1(C)CN(S(=O)(=O)CC(N)=S)CCS1. The maximum atomic E-state index is 11.8. The molecule has 0 amide bonds. The van der Waals surface area contributed by atoms with Crippen LogP contribution in [0.5, 0.6) is 0 Å². The first-order valence-electron chi connectivity index (χ1n) is 4.63. The molecule has 0 bridgehead atoms. The number of nitrogens with zero attached hydrogens (tertiary/aromatic N) is 1. The van der Waals surface area contributed by atoms with E-state index in [1.165, 1.54) is 4.31 Å². The molecule has 1 saturated heterocycles. The van der Waals surface area contributed by atoms with Crippen molar-refractivity contribution in [2.24, 2.45) is 5.73 Å². The van der Waals surface area contributed by atoms with E-state index in [1.807, 2.05) is 13.8 Å². The molecule has 1 heterocycles. The van der Waals surface area contributed by atoms with Gasteiger partial charge in [0.05, 0.1) is 4.99 Å². The van der Waals surface area contributed by atoms with Crippen LogP contribution in [-0.4, -0.2) is 47.1 Å². The van der Waals surface area contributed by atoms with Crippen LogP contribution in [0.3, 0.4) is 0 Å². The number of nitrogens with two attached hydrogens (primary N) is 1. The fraction of sp³-hybridized carbons (Fsp3) is 0.875. The van der Waals surface area contributed by atoms with Gasteiger partial charge >= 0.3 is 0 Å². The molecule has 0 aromatic heterocycles. The predicted octanol–water partition coefficient (Wildman–Crippen LogP) is 0.430. The first-order chi connectivity index (χ1) is 6.73. The van der Waals surface area contributed by atoms with Crippen molar-refractivity contribution >= 4 is 39.0 Å². The second-order valence-corrected chi connectivity index (χ2v) is 8.46. The van der Waals surface area contributed by atoms with Gasteiger partial charge in [-0.2, -0.15) is 16.1 Å². The normalized spacial score (nSPS) is 22.5. The van der Waals surface area contributed by atoms with Crippen LogP contribution in [0, 0.1) is 0 Å². The van der Waals surface area contributed by atoms with Gasteiger partial charge in [-0.1, -0.05) is 12.2 Å². The smallest absolute Gasteiger partial charge is 0.220 e. The molecule has 0 saturated carbocycles. The summed E-state index contributed by atoms with van der Waals surface area (Å²) in [6.45, 7) is 5.17. The largest absolute Gasteiger partial charge is 0.392 e. The van der Waals surface area contributed by atoms with Crippen molar-refractivity contribution in [2.75, 3.05) is 24.6 Å². The lowest BCUT2D eigenvalue weighted by molar-refractivity contribution is 0.389. The van der Waals surface area contributed by atoms with Crippen molar-refractivity contribution < 1.29 is 8.42 Å². The maximum Gasteiger partial charge on any atom is 0.220 e. The van der Waals surface area contributed by atoms with E-state index in [-0.39, 0.29) is 15.5 Å². The highest BCUT2D eigenvalue weighted by Crippen LogP contribution is 2.30. The molecule has 0 spiro atoms. The van der Waals surface area contributed by atoms with Gasteiger partial charge in [-0.3, -0.25) is 0 Å². The van der Waals surface area contributed by atoms with E-state index in [2.05, 4.69) is 12.2 Å². The maximum absolute atomic E-state index is 11.8. The van der Waals surface area contributed by atoms with Crippen molar-refractivity contribution in [1.29, 1.82) is 0 Å². The molecule has 0 radical (unpaired) electrons. The van der Waals surface area contributed by atoms with E-state index in [0.717, 1.165) is 5.75 Å². The third kappa shape index (κ3) is 3.90. The lowest BCUT2D eigenvalue weighted by atomic mass is 10.2. The number of hydrogen-bond acceptors (Lipinski definition) is 4. The van der Waals surface area contributed by atoms with Crippen LogP contribution in [0.2, 0.25) is 0 Å². The third-order valence-electron chi connectivity index (χ3n) is 2.11. The Morgan fingerprint density at radius 3 is 2.67 bits per heavy atom. The summed E-state index contributed by atoms with van der Waals surface area (Å²) in [5.41, 5.74) is 5.27. The summed E-state index contributed by atoms with van der Waals surface area (Å²) in [4.78, 5) is 0.0334. The highest BCUT2D eigenvalue weighted by molar-refractivity contribution is 8.00. The number of rotatable bonds is 3. The number of sulfonamides is 1.